The molecule has 0 amide bonds. The number of hydrogen-bond donors (Lipinski definition) is 1. The SMILES string of the molecule is CC(C)(C)c1cc(-c2ccccc2)cc(-c2ccccc2)[n+]1CCC(=O)O. The van der Waals surface area contributed by atoms with Crippen molar-refractivity contribution in [2.45, 2.75) is 39.2 Å². The number of nitrogens with zero attached hydrogens (tertiary/aromatic N) is 1. The summed E-state index contributed by atoms with van der Waals surface area (Å²) >= 11 is 0. The Balaban J connectivity index is 2.27. The summed E-state index contributed by atoms with van der Waals surface area (Å²) in [5.74, 6) is -0.784. The smallest absolute Gasteiger partial charge is 0.309 e. The van der Waals surface area contributed by atoms with E-state index in [-0.39, 0.29) is 11.8 Å². The summed E-state index contributed by atoms with van der Waals surface area (Å²) in [7, 11) is 0. The van der Waals surface area contributed by atoms with Crippen LogP contribution >= 0.6 is 0 Å². The minimum absolute atomic E-state index is 0.0955. The highest BCUT2D eigenvalue weighted by atomic mass is 16.4. The molecule has 3 rings (SSSR count). The number of aromatic nitrogens is 1. The van der Waals surface area contributed by atoms with Gasteiger partial charge in [-0.3, -0.25) is 4.79 Å². The molecule has 0 saturated heterocycles. The molecule has 0 bridgehead atoms. The lowest BCUT2D eigenvalue weighted by Gasteiger charge is -2.20. The van der Waals surface area contributed by atoms with Crippen LogP contribution in [0, 0.1) is 0 Å². The summed E-state index contributed by atoms with van der Waals surface area (Å²) in [4.78, 5) is 11.3. The lowest BCUT2D eigenvalue weighted by atomic mass is 9.88. The molecule has 0 aliphatic carbocycles. The molecular formula is C24H26NO2+. The molecule has 1 N–H and O–H groups in total. The molecule has 138 valence electrons. The van der Waals surface area contributed by atoms with Crippen molar-refractivity contribution in [1.29, 1.82) is 0 Å². The fraction of sp³-hybridized carbons (Fsp3) is 0.250. The van der Waals surface area contributed by atoms with Gasteiger partial charge in [0, 0.05) is 23.1 Å². The number of carboxylic acid groups (broad SMARTS) is 1. The molecule has 0 spiro atoms. The number of hydrogen-bond acceptors (Lipinski definition) is 1. The van der Waals surface area contributed by atoms with E-state index in [9.17, 15) is 9.90 Å². The second-order valence-corrected chi connectivity index (χ2v) is 7.79. The van der Waals surface area contributed by atoms with E-state index in [1.165, 1.54) is 0 Å². The van der Waals surface area contributed by atoms with Crippen molar-refractivity contribution >= 4 is 5.97 Å². The molecule has 0 saturated carbocycles. The van der Waals surface area contributed by atoms with Gasteiger partial charge in [-0.2, -0.15) is 4.57 Å². The summed E-state index contributed by atoms with van der Waals surface area (Å²) < 4.78 is 2.16. The highest BCUT2D eigenvalue weighted by molar-refractivity contribution is 5.69. The van der Waals surface area contributed by atoms with Crippen LogP contribution in [-0.2, 0) is 16.8 Å². The fourth-order valence-electron chi connectivity index (χ4n) is 3.34. The number of rotatable bonds is 5. The molecule has 0 unspecified atom stereocenters. The minimum Gasteiger partial charge on any atom is -0.481 e. The van der Waals surface area contributed by atoms with Gasteiger partial charge in [0.2, 0.25) is 5.69 Å². The standard InChI is InChI=1S/C24H25NO2/c1-24(2,3)22-17-20(18-10-6-4-7-11-18)16-21(19-12-8-5-9-13-19)25(22)15-14-23(26)27/h4-13,16-17H,14-15H2,1-3H3/p+1. The lowest BCUT2D eigenvalue weighted by molar-refractivity contribution is -0.695. The second-order valence-electron chi connectivity index (χ2n) is 7.79. The van der Waals surface area contributed by atoms with E-state index in [1.807, 2.05) is 36.4 Å². The highest BCUT2D eigenvalue weighted by Crippen LogP contribution is 2.29. The summed E-state index contributed by atoms with van der Waals surface area (Å²) in [5, 5.41) is 9.25. The van der Waals surface area contributed by atoms with Crippen LogP contribution in [-0.4, -0.2) is 11.1 Å². The van der Waals surface area contributed by atoms with E-state index in [0.717, 1.165) is 28.1 Å². The van der Waals surface area contributed by atoms with Crippen molar-refractivity contribution in [3.05, 3.63) is 78.5 Å². The van der Waals surface area contributed by atoms with Gasteiger partial charge in [-0.15, -0.1) is 0 Å². The molecule has 0 radical (unpaired) electrons. The predicted molar refractivity (Wildman–Crippen MR) is 108 cm³/mol. The zero-order valence-electron chi connectivity index (χ0n) is 16.1. The van der Waals surface area contributed by atoms with Gasteiger partial charge in [-0.1, -0.05) is 69.3 Å². The quantitative estimate of drug-likeness (QED) is 0.645. The first-order valence-corrected chi connectivity index (χ1v) is 9.27. The van der Waals surface area contributed by atoms with E-state index in [1.54, 1.807) is 0 Å². The Kier molecular flexibility index (Phi) is 5.41. The van der Waals surface area contributed by atoms with Crippen LogP contribution in [0.15, 0.2) is 72.8 Å². The fourth-order valence-corrected chi connectivity index (χ4v) is 3.34. The van der Waals surface area contributed by atoms with Gasteiger partial charge in [-0.05, 0) is 23.3 Å². The summed E-state index contributed by atoms with van der Waals surface area (Å²) in [6.07, 6.45) is 0.0955. The largest absolute Gasteiger partial charge is 0.481 e. The molecule has 0 atom stereocenters. The predicted octanol–water partition coefficient (Wildman–Crippen LogP) is 5.08. The Labute approximate surface area is 160 Å². The zero-order chi connectivity index (χ0) is 19.4. The molecule has 1 aromatic heterocycles. The zero-order valence-corrected chi connectivity index (χ0v) is 16.1. The average molecular weight is 360 g/mol. The van der Waals surface area contributed by atoms with Crippen molar-refractivity contribution in [2.75, 3.05) is 0 Å². The third kappa shape index (κ3) is 4.43. The minimum atomic E-state index is -0.784. The molecule has 3 nitrogen and oxygen atoms in total. The van der Waals surface area contributed by atoms with Crippen LogP contribution in [0.25, 0.3) is 22.4 Å². The highest BCUT2D eigenvalue weighted by Gasteiger charge is 2.30. The van der Waals surface area contributed by atoms with Crippen molar-refractivity contribution < 1.29 is 14.5 Å². The molecule has 0 aliphatic rings. The Morgan fingerprint density at radius 3 is 1.93 bits per heavy atom. The van der Waals surface area contributed by atoms with E-state index in [4.69, 9.17) is 0 Å². The summed E-state index contributed by atoms with van der Waals surface area (Å²) in [6.45, 7) is 6.96. The van der Waals surface area contributed by atoms with Gasteiger partial charge in [0.1, 0.15) is 6.42 Å². The number of benzene rings is 2. The van der Waals surface area contributed by atoms with Crippen LogP contribution in [0.5, 0.6) is 0 Å². The van der Waals surface area contributed by atoms with Gasteiger partial charge < -0.3 is 5.11 Å². The van der Waals surface area contributed by atoms with Gasteiger partial charge in [0.25, 0.3) is 0 Å². The van der Waals surface area contributed by atoms with Crippen molar-refractivity contribution in [2.24, 2.45) is 0 Å². The van der Waals surface area contributed by atoms with Crippen molar-refractivity contribution in [3.63, 3.8) is 0 Å². The van der Waals surface area contributed by atoms with Crippen LogP contribution < -0.4 is 4.57 Å². The molecule has 0 fully saturated rings. The van der Waals surface area contributed by atoms with Gasteiger partial charge in [0.05, 0.1) is 0 Å². The molecule has 3 aromatic rings. The maximum Gasteiger partial charge on any atom is 0.309 e. The van der Waals surface area contributed by atoms with Crippen LogP contribution in [0.1, 0.15) is 32.9 Å². The van der Waals surface area contributed by atoms with Gasteiger partial charge in [0.15, 0.2) is 12.2 Å². The first kappa shape index (κ1) is 18.8. The molecule has 27 heavy (non-hydrogen) atoms. The maximum atomic E-state index is 11.3. The van der Waals surface area contributed by atoms with E-state index in [0.29, 0.717) is 6.54 Å². The van der Waals surface area contributed by atoms with Crippen LogP contribution in [0.2, 0.25) is 0 Å². The van der Waals surface area contributed by atoms with Crippen LogP contribution in [0.4, 0.5) is 0 Å². The normalized spacial score (nSPS) is 11.4. The molecule has 3 heteroatoms. The Morgan fingerprint density at radius 1 is 0.852 bits per heavy atom. The molecule has 0 aliphatic heterocycles. The molecule has 1 heterocycles. The third-order valence-electron chi connectivity index (χ3n) is 4.66. The maximum absolute atomic E-state index is 11.3. The van der Waals surface area contributed by atoms with Gasteiger partial charge in [-0.25, -0.2) is 0 Å². The summed E-state index contributed by atoms with van der Waals surface area (Å²) in [5.41, 5.74) is 5.45. The van der Waals surface area contributed by atoms with Crippen molar-refractivity contribution in [1.82, 2.24) is 0 Å². The van der Waals surface area contributed by atoms with Crippen molar-refractivity contribution in [3.8, 4) is 22.4 Å². The Morgan fingerprint density at radius 2 is 1.41 bits per heavy atom. The Hall–Kier alpha value is -2.94. The van der Waals surface area contributed by atoms with E-state index in [2.05, 4.69) is 61.7 Å². The monoisotopic (exact) mass is 360 g/mol. The third-order valence-corrected chi connectivity index (χ3v) is 4.66. The first-order chi connectivity index (χ1) is 12.9. The summed E-state index contributed by atoms with van der Waals surface area (Å²) in [6, 6.07) is 24.9. The number of pyridine rings is 1. The molecule has 2 aromatic carbocycles. The number of aliphatic carboxylic acids is 1. The Bertz CT molecular complexity index is 926. The number of carboxylic acids is 1. The average Bonchev–Trinajstić information content (AvgIpc) is 2.66. The van der Waals surface area contributed by atoms with E-state index < -0.39 is 5.97 Å². The molecular weight excluding hydrogens is 334 g/mol. The van der Waals surface area contributed by atoms with E-state index >= 15 is 0 Å². The van der Waals surface area contributed by atoms with Crippen LogP contribution in [0.3, 0.4) is 0 Å². The second kappa shape index (κ2) is 7.75. The topological polar surface area (TPSA) is 41.2 Å². The first-order valence-electron chi connectivity index (χ1n) is 9.27. The lowest BCUT2D eigenvalue weighted by Crippen LogP contribution is -2.46. The number of carbonyl (C=O) groups is 1. The van der Waals surface area contributed by atoms with Gasteiger partial charge >= 0.3 is 5.97 Å².